The van der Waals surface area contributed by atoms with E-state index in [0.717, 1.165) is 52.0 Å². The molecule has 2 aromatic carbocycles. The van der Waals surface area contributed by atoms with E-state index in [0.29, 0.717) is 42.0 Å². The van der Waals surface area contributed by atoms with Crippen LogP contribution in [0.5, 0.6) is 0 Å². The Labute approximate surface area is 269 Å². The number of benzene rings is 2. The number of nitrogens with zero attached hydrogens (tertiary/aromatic N) is 4. The van der Waals surface area contributed by atoms with Gasteiger partial charge >= 0.3 is 6.09 Å². The van der Waals surface area contributed by atoms with Crippen molar-refractivity contribution >= 4 is 62.1 Å². The minimum atomic E-state index is -0.481. The first kappa shape index (κ1) is 34.8. The number of rotatable bonds is 17. The number of nitrogens with two attached hydrogens (primary N) is 1. The molecule has 1 aromatic heterocycles. The van der Waals surface area contributed by atoms with Gasteiger partial charge in [-0.3, -0.25) is 4.79 Å². The van der Waals surface area contributed by atoms with Crippen LogP contribution in [0.15, 0.2) is 53.2 Å². The van der Waals surface area contributed by atoms with Gasteiger partial charge in [0, 0.05) is 83.4 Å². The molecular formula is C32H45N7O3S2. The van der Waals surface area contributed by atoms with Gasteiger partial charge in [0.15, 0.2) is 0 Å². The Morgan fingerprint density at radius 2 is 1.91 bits per heavy atom. The SMILES string of the molecule is CCCC(C)SSC(CCOC(=O)NCCNc1cccc2c(N(C)C)cccc12)=C(C)N(C=O)Cc1cnc(C)nc1N. The molecule has 0 bridgehead atoms. The van der Waals surface area contributed by atoms with Crippen LogP contribution in [0.3, 0.4) is 0 Å². The topological polar surface area (TPSA) is 126 Å². The number of carbonyl (C=O) groups is 2. The Balaban J connectivity index is 1.56. The molecule has 2 amide bonds. The van der Waals surface area contributed by atoms with Crippen LogP contribution < -0.4 is 21.3 Å². The quantitative estimate of drug-likeness (QED) is 0.0848. The maximum Gasteiger partial charge on any atom is 0.407 e. The smallest absolute Gasteiger partial charge is 0.407 e. The summed E-state index contributed by atoms with van der Waals surface area (Å²) < 4.78 is 5.52. The molecule has 3 rings (SSSR count). The van der Waals surface area contributed by atoms with Crippen LogP contribution in [0.25, 0.3) is 10.8 Å². The van der Waals surface area contributed by atoms with Crippen molar-refractivity contribution in [2.45, 2.75) is 58.8 Å². The molecule has 1 unspecified atom stereocenters. The van der Waals surface area contributed by atoms with Crippen molar-refractivity contribution in [3.63, 3.8) is 0 Å². The van der Waals surface area contributed by atoms with Crippen molar-refractivity contribution < 1.29 is 14.3 Å². The molecule has 0 aliphatic heterocycles. The maximum absolute atomic E-state index is 12.5. The first-order valence-corrected chi connectivity index (χ1v) is 17.0. The first-order valence-electron chi connectivity index (χ1n) is 14.8. The minimum Gasteiger partial charge on any atom is -0.449 e. The zero-order chi connectivity index (χ0) is 32.1. The van der Waals surface area contributed by atoms with Crippen molar-refractivity contribution in [3.8, 4) is 0 Å². The molecular weight excluding hydrogens is 595 g/mol. The molecule has 3 aromatic rings. The number of aromatic nitrogens is 2. The van der Waals surface area contributed by atoms with Crippen LogP contribution in [0, 0.1) is 6.92 Å². The number of hydrogen-bond donors (Lipinski definition) is 3. The van der Waals surface area contributed by atoms with E-state index in [9.17, 15) is 9.59 Å². The maximum atomic E-state index is 12.5. The van der Waals surface area contributed by atoms with Crippen molar-refractivity contribution in [2.75, 3.05) is 49.7 Å². The van der Waals surface area contributed by atoms with Gasteiger partial charge in [0.2, 0.25) is 6.41 Å². The molecule has 10 nitrogen and oxygen atoms in total. The van der Waals surface area contributed by atoms with Gasteiger partial charge in [-0.05, 0) is 32.4 Å². The van der Waals surface area contributed by atoms with E-state index in [1.165, 1.54) is 0 Å². The second kappa shape index (κ2) is 17.6. The number of allylic oxidation sites excluding steroid dienone is 1. The fraction of sp³-hybridized carbons (Fsp3) is 0.438. The Kier molecular flexibility index (Phi) is 13.9. The van der Waals surface area contributed by atoms with Gasteiger partial charge in [-0.1, -0.05) is 66.1 Å². The molecule has 44 heavy (non-hydrogen) atoms. The zero-order valence-electron chi connectivity index (χ0n) is 26.6. The second-order valence-corrected chi connectivity index (χ2v) is 13.4. The van der Waals surface area contributed by atoms with Crippen molar-refractivity contribution in [1.29, 1.82) is 0 Å². The average molecular weight is 640 g/mol. The first-order chi connectivity index (χ1) is 21.1. The van der Waals surface area contributed by atoms with Gasteiger partial charge in [0.05, 0.1) is 13.2 Å². The molecule has 0 aliphatic carbocycles. The van der Waals surface area contributed by atoms with E-state index in [-0.39, 0.29) is 13.2 Å². The highest BCUT2D eigenvalue weighted by molar-refractivity contribution is 8.78. The van der Waals surface area contributed by atoms with Gasteiger partial charge < -0.3 is 30.9 Å². The van der Waals surface area contributed by atoms with Gasteiger partial charge in [0.25, 0.3) is 0 Å². The fourth-order valence-corrected chi connectivity index (χ4v) is 7.34. The lowest BCUT2D eigenvalue weighted by atomic mass is 10.1. The highest BCUT2D eigenvalue weighted by Crippen LogP contribution is 2.39. The molecule has 0 saturated heterocycles. The summed E-state index contributed by atoms with van der Waals surface area (Å²) in [6.45, 7) is 9.40. The minimum absolute atomic E-state index is 0.181. The summed E-state index contributed by atoms with van der Waals surface area (Å²) in [5.74, 6) is 0.928. The zero-order valence-corrected chi connectivity index (χ0v) is 28.2. The van der Waals surface area contributed by atoms with Crippen LogP contribution in [-0.4, -0.2) is 66.4 Å². The fourth-order valence-electron chi connectivity index (χ4n) is 4.58. The molecule has 0 saturated carbocycles. The van der Waals surface area contributed by atoms with E-state index in [2.05, 4.69) is 57.5 Å². The molecule has 12 heteroatoms. The number of alkyl carbamates (subject to hydrolysis) is 1. The van der Waals surface area contributed by atoms with Gasteiger partial charge in [0.1, 0.15) is 11.6 Å². The van der Waals surface area contributed by atoms with E-state index >= 15 is 0 Å². The summed E-state index contributed by atoms with van der Waals surface area (Å²) in [6, 6.07) is 12.4. The van der Waals surface area contributed by atoms with E-state index in [1.54, 1.807) is 39.6 Å². The number of nitrogen functional groups attached to an aromatic ring is 1. The van der Waals surface area contributed by atoms with Crippen molar-refractivity contribution in [2.24, 2.45) is 0 Å². The molecule has 1 atom stereocenters. The number of ether oxygens (including phenoxy) is 1. The molecule has 0 fully saturated rings. The van der Waals surface area contributed by atoms with E-state index in [1.807, 2.05) is 39.2 Å². The number of amides is 2. The third-order valence-corrected chi connectivity index (χ3v) is 10.2. The summed E-state index contributed by atoms with van der Waals surface area (Å²) in [6.07, 6.45) is 4.60. The van der Waals surface area contributed by atoms with Crippen molar-refractivity contribution in [3.05, 3.63) is 64.6 Å². The highest BCUT2D eigenvalue weighted by Gasteiger charge is 2.16. The van der Waals surface area contributed by atoms with E-state index in [4.69, 9.17) is 10.5 Å². The third kappa shape index (κ3) is 10.2. The Morgan fingerprint density at radius 3 is 2.61 bits per heavy atom. The Bertz CT molecular complexity index is 1430. The second-order valence-electron chi connectivity index (χ2n) is 10.7. The lowest BCUT2D eigenvalue weighted by molar-refractivity contribution is -0.116. The number of nitrogens with one attached hydrogen (secondary N) is 2. The van der Waals surface area contributed by atoms with Crippen molar-refractivity contribution in [1.82, 2.24) is 20.2 Å². The van der Waals surface area contributed by atoms with Gasteiger partial charge in [-0.2, -0.15) is 0 Å². The summed E-state index contributed by atoms with van der Waals surface area (Å²) >= 11 is 0. The van der Waals surface area contributed by atoms with Crippen LogP contribution in [0.2, 0.25) is 0 Å². The molecule has 1 heterocycles. The monoisotopic (exact) mass is 639 g/mol. The summed E-state index contributed by atoms with van der Waals surface area (Å²) in [5.41, 5.74) is 9.69. The Morgan fingerprint density at radius 1 is 1.16 bits per heavy atom. The normalized spacial score (nSPS) is 12.3. The third-order valence-electron chi connectivity index (χ3n) is 6.98. The molecule has 0 radical (unpaired) electrons. The predicted molar refractivity (Wildman–Crippen MR) is 186 cm³/mol. The van der Waals surface area contributed by atoms with Crippen LogP contribution in [-0.2, 0) is 16.1 Å². The van der Waals surface area contributed by atoms with Crippen LogP contribution in [0.1, 0.15) is 51.4 Å². The number of hydrogen-bond acceptors (Lipinski definition) is 10. The lowest BCUT2D eigenvalue weighted by Crippen LogP contribution is -2.29. The Hall–Kier alpha value is -3.64. The molecule has 0 spiro atoms. The van der Waals surface area contributed by atoms with Gasteiger partial charge in [-0.25, -0.2) is 14.8 Å². The largest absolute Gasteiger partial charge is 0.449 e. The summed E-state index contributed by atoms with van der Waals surface area (Å²) in [5, 5.41) is 8.97. The lowest BCUT2D eigenvalue weighted by Gasteiger charge is -2.23. The number of fused-ring (bicyclic) bond motifs is 1. The molecule has 0 aliphatic rings. The predicted octanol–water partition coefficient (Wildman–Crippen LogP) is 6.57. The summed E-state index contributed by atoms with van der Waals surface area (Å²) in [7, 11) is 7.44. The van der Waals surface area contributed by atoms with Crippen LogP contribution >= 0.6 is 21.6 Å². The standard InChI is InChI=1S/C32H45N7O3S2/c1-7-10-22(2)43-44-30(23(3)39(21-40)20-25-19-36-24(4)37-31(25)33)15-18-42-32(41)35-17-16-34-28-13-8-12-27-26(28)11-9-14-29(27)38(5)6/h8-9,11-14,19,21-22,34H,7,10,15-18,20H2,1-6H3,(H,35,41)(H2,33,36,37). The summed E-state index contributed by atoms with van der Waals surface area (Å²) in [4.78, 5) is 37.7. The van der Waals surface area contributed by atoms with E-state index < -0.39 is 6.09 Å². The van der Waals surface area contributed by atoms with Crippen LogP contribution in [0.4, 0.5) is 22.0 Å². The van der Waals surface area contributed by atoms with Gasteiger partial charge in [-0.15, -0.1) is 0 Å². The number of anilines is 3. The average Bonchev–Trinajstić information content (AvgIpc) is 3.00. The molecule has 4 N–H and O–H groups in total. The number of carbonyl (C=O) groups excluding carboxylic acids is 2. The number of aryl methyl sites for hydroxylation is 1. The molecule has 238 valence electrons. The highest BCUT2D eigenvalue weighted by atomic mass is 33.1.